The highest BCUT2D eigenvalue weighted by atomic mass is 35.5. The molecule has 4 rings (SSSR count). The molecule has 2 amide bonds. The number of sulfonamides is 1. The van der Waals surface area contributed by atoms with Gasteiger partial charge < -0.3 is 10.2 Å². The Bertz CT molecular complexity index is 1590. The molecule has 1 aliphatic carbocycles. The van der Waals surface area contributed by atoms with Crippen molar-refractivity contribution in [2.45, 2.75) is 82.1 Å². The third-order valence-electron chi connectivity index (χ3n) is 7.99. The molecule has 242 valence electrons. The Morgan fingerprint density at radius 2 is 1.64 bits per heavy atom. The summed E-state index contributed by atoms with van der Waals surface area (Å²) in [6, 6.07) is 15.4. The van der Waals surface area contributed by atoms with E-state index < -0.39 is 40.3 Å². The van der Waals surface area contributed by atoms with E-state index >= 15 is 0 Å². The Morgan fingerprint density at radius 1 is 0.978 bits per heavy atom. The topological polar surface area (TPSA) is 86.8 Å². The SMILES string of the molecule is CC[C@H](C(=O)NC1CCCCC1)N(Cc1ccccc1Cl)C(=O)CN(c1cccc(C(F)(F)F)c1)S(=O)(=O)c1ccc(C)cc1. The van der Waals surface area contributed by atoms with Crippen LogP contribution in [0.25, 0.3) is 0 Å². The van der Waals surface area contributed by atoms with Gasteiger partial charge in [-0.05, 0) is 68.1 Å². The second kappa shape index (κ2) is 14.7. The van der Waals surface area contributed by atoms with Gasteiger partial charge >= 0.3 is 6.18 Å². The van der Waals surface area contributed by atoms with Crippen LogP contribution in [0.1, 0.15) is 62.1 Å². The number of amides is 2. The minimum atomic E-state index is -4.75. The monoisotopic (exact) mass is 663 g/mol. The van der Waals surface area contributed by atoms with Gasteiger partial charge in [0.2, 0.25) is 11.8 Å². The quantitative estimate of drug-likeness (QED) is 0.237. The number of nitrogens with one attached hydrogen (secondary N) is 1. The van der Waals surface area contributed by atoms with Crippen molar-refractivity contribution in [2.75, 3.05) is 10.8 Å². The van der Waals surface area contributed by atoms with Gasteiger partial charge in [-0.3, -0.25) is 13.9 Å². The van der Waals surface area contributed by atoms with E-state index in [1.807, 2.05) is 0 Å². The average Bonchev–Trinajstić information content (AvgIpc) is 3.01. The van der Waals surface area contributed by atoms with Crippen molar-refractivity contribution in [3.8, 4) is 0 Å². The van der Waals surface area contributed by atoms with Crippen molar-refractivity contribution < 1.29 is 31.2 Å². The van der Waals surface area contributed by atoms with Gasteiger partial charge in [-0.25, -0.2) is 8.42 Å². The van der Waals surface area contributed by atoms with Crippen LogP contribution in [0.4, 0.5) is 18.9 Å². The van der Waals surface area contributed by atoms with Gasteiger partial charge in [0, 0.05) is 17.6 Å². The predicted octanol–water partition coefficient (Wildman–Crippen LogP) is 7.12. The highest BCUT2D eigenvalue weighted by molar-refractivity contribution is 7.92. The first kappa shape index (κ1) is 34.3. The Morgan fingerprint density at radius 3 is 2.27 bits per heavy atom. The second-order valence-electron chi connectivity index (χ2n) is 11.3. The minimum Gasteiger partial charge on any atom is -0.352 e. The van der Waals surface area contributed by atoms with Crippen molar-refractivity contribution >= 4 is 39.1 Å². The summed E-state index contributed by atoms with van der Waals surface area (Å²) in [5.41, 5.74) is -0.0984. The molecule has 12 heteroatoms. The molecule has 7 nitrogen and oxygen atoms in total. The summed E-state index contributed by atoms with van der Waals surface area (Å²) in [6.07, 6.45) is 0.140. The van der Waals surface area contributed by atoms with Crippen LogP contribution in [0.2, 0.25) is 5.02 Å². The highest BCUT2D eigenvalue weighted by Crippen LogP contribution is 2.33. The summed E-state index contributed by atoms with van der Waals surface area (Å²) in [5.74, 6) is -1.15. The maximum atomic E-state index is 14.2. The molecule has 45 heavy (non-hydrogen) atoms. The average molecular weight is 664 g/mol. The molecule has 0 bridgehead atoms. The number of carbonyl (C=O) groups excluding carboxylic acids is 2. The van der Waals surface area contributed by atoms with Crippen molar-refractivity contribution in [3.05, 3.63) is 94.5 Å². The molecule has 0 heterocycles. The largest absolute Gasteiger partial charge is 0.416 e. The number of alkyl halides is 3. The summed E-state index contributed by atoms with van der Waals surface area (Å²) in [4.78, 5) is 28.9. The molecule has 0 spiro atoms. The maximum absolute atomic E-state index is 14.2. The molecule has 1 atom stereocenters. The third-order valence-corrected chi connectivity index (χ3v) is 10.1. The second-order valence-corrected chi connectivity index (χ2v) is 13.5. The molecule has 0 radical (unpaired) electrons. The van der Waals surface area contributed by atoms with Crippen molar-refractivity contribution in [1.82, 2.24) is 10.2 Å². The fourth-order valence-corrected chi connectivity index (χ4v) is 7.08. The van der Waals surface area contributed by atoms with Gasteiger partial charge in [-0.1, -0.05) is 79.7 Å². The van der Waals surface area contributed by atoms with Crippen LogP contribution in [0.5, 0.6) is 0 Å². The number of carbonyl (C=O) groups is 2. The van der Waals surface area contributed by atoms with Crippen LogP contribution >= 0.6 is 11.6 Å². The molecular formula is C33H37ClF3N3O4S. The maximum Gasteiger partial charge on any atom is 0.416 e. The van der Waals surface area contributed by atoms with Gasteiger partial charge in [-0.2, -0.15) is 13.2 Å². The van der Waals surface area contributed by atoms with Crippen molar-refractivity contribution in [1.29, 1.82) is 0 Å². The molecule has 1 fully saturated rings. The number of rotatable bonds is 11. The normalized spacial score (nSPS) is 14.9. The lowest BCUT2D eigenvalue weighted by Gasteiger charge is -2.34. The summed E-state index contributed by atoms with van der Waals surface area (Å²) in [7, 11) is -4.53. The van der Waals surface area contributed by atoms with Crippen LogP contribution in [-0.2, 0) is 32.3 Å². The lowest BCUT2D eigenvalue weighted by molar-refractivity contribution is -0.140. The Kier molecular flexibility index (Phi) is 11.2. The fraction of sp³-hybridized carbons (Fsp3) is 0.394. The number of aryl methyl sites for hydroxylation is 1. The molecule has 1 saturated carbocycles. The molecule has 0 unspecified atom stereocenters. The highest BCUT2D eigenvalue weighted by Gasteiger charge is 2.36. The van der Waals surface area contributed by atoms with Gasteiger partial charge in [-0.15, -0.1) is 0 Å². The Labute approximate surface area is 267 Å². The molecular weight excluding hydrogens is 627 g/mol. The van der Waals surface area contributed by atoms with Crippen LogP contribution in [0.15, 0.2) is 77.7 Å². The minimum absolute atomic E-state index is 0.0407. The van der Waals surface area contributed by atoms with Gasteiger partial charge in [0.25, 0.3) is 10.0 Å². The van der Waals surface area contributed by atoms with Crippen molar-refractivity contribution in [3.63, 3.8) is 0 Å². The molecule has 3 aromatic carbocycles. The summed E-state index contributed by atoms with van der Waals surface area (Å²) < 4.78 is 69.7. The van der Waals surface area contributed by atoms with Crippen LogP contribution in [0.3, 0.4) is 0 Å². The lowest BCUT2D eigenvalue weighted by Crippen LogP contribution is -2.54. The van der Waals surface area contributed by atoms with E-state index in [1.165, 1.54) is 23.1 Å². The first-order chi connectivity index (χ1) is 21.3. The fourth-order valence-electron chi connectivity index (χ4n) is 5.48. The number of hydrogen-bond donors (Lipinski definition) is 1. The van der Waals surface area contributed by atoms with Crippen LogP contribution < -0.4 is 9.62 Å². The van der Waals surface area contributed by atoms with Crippen molar-refractivity contribution in [2.24, 2.45) is 0 Å². The van der Waals surface area contributed by atoms with Crippen LogP contribution in [0, 0.1) is 6.92 Å². The molecule has 1 N–H and O–H groups in total. The predicted molar refractivity (Wildman–Crippen MR) is 168 cm³/mol. The number of hydrogen-bond acceptors (Lipinski definition) is 4. The van der Waals surface area contributed by atoms with Gasteiger partial charge in [0.1, 0.15) is 12.6 Å². The Hall–Kier alpha value is -3.57. The first-order valence-electron chi connectivity index (χ1n) is 14.9. The van der Waals surface area contributed by atoms with E-state index in [2.05, 4.69) is 5.32 Å². The zero-order valence-corrected chi connectivity index (χ0v) is 26.8. The molecule has 1 aliphatic rings. The van der Waals surface area contributed by atoms with Crippen LogP contribution in [-0.4, -0.2) is 43.8 Å². The lowest BCUT2D eigenvalue weighted by atomic mass is 9.95. The van der Waals surface area contributed by atoms with E-state index in [0.29, 0.717) is 21.0 Å². The summed E-state index contributed by atoms with van der Waals surface area (Å²) in [5, 5.41) is 3.40. The van der Waals surface area contributed by atoms with Gasteiger partial charge in [0.05, 0.1) is 16.1 Å². The number of benzene rings is 3. The Balaban J connectivity index is 1.76. The zero-order chi connectivity index (χ0) is 32.8. The van der Waals surface area contributed by atoms with E-state index in [1.54, 1.807) is 50.2 Å². The summed E-state index contributed by atoms with van der Waals surface area (Å²) in [6.45, 7) is 2.54. The molecule has 3 aromatic rings. The summed E-state index contributed by atoms with van der Waals surface area (Å²) >= 11 is 6.43. The standard InChI is InChI=1S/C33H37ClF3N3O4S/c1-3-30(32(42)38-26-12-5-4-6-13-26)39(21-24-10-7-8-15-29(24)34)31(41)22-40(27-14-9-11-25(20-27)33(35,36)37)45(43,44)28-18-16-23(2)17-19-28/h7-11,14-20,26,30H,3-6,12-13,21-22H2,1-2H3,(H,38,42)/t30-/m1/s1. The smallest absolute Gasteiger partial charge is 0.352 e. The number of anilines is 1. The van der Waals surface area contributed by atoms with E-state index in [9.17, 15) is 31.2 Å². The van der Waals surface area contributed by atoms with Gasteiger partial charge in [0.15, 0.2) is 0 Å². The van der Waals surface area contributed by atoms with E-state index in [0.717, 1.165) is 49.8 Å². The molecule has 0 aliphatic heterocycles. The van der Waals surface area contributed by atoms with E-state index in [-0.39, 0.29) is 35.5 Å². The zero-order valence-electron chi connectivity index (χ0n) is 25.2. The van der Waals surface area contributed by atoms with E-state index in [4.69, 9.17) is 11.6 Å². The first-order valence-corrected chi connectivity index (χ1v) is 16.7. The molecule has 0 aromatic heterocycles. The number of nitrogens with zero attached hydrogens (tertiary/aromatic N) is 2. The third kappa shape index (κ3) is 8.58. The number of halogens is 4. The molecule has 0 saturated heterocycles.